The van der Waals surface area contributed by atoms with Crippen LogP contribution in [0.4, 0.5) is 5.82 Å². The Balaban J connectivity index is 2.43. The van der Waals surface area contributed by atoms with Crippen LogP contribution in [0.3, 0.4) is 0 Å². The molecule has 2 unspecified atom stereocenters. The summed E-state index contributed by atoms with van der Waals surface area (Å²) < 4.78 is 0. The Bertz CT molecular complexity index is 536. The number of carbonyl (C=O) groups is 1. The van der Waals surface area contributed by atoms with Gasteiger partial charge in [0.25, 0.3) is 5.56 Å². The molecule has 0 bridgehead atoms. The van der Waals surface area contributed by atoms with Crippen LogP contribution in [0.2, 0.25) is 0 Å². The van der Waals surface area contributed by atoms with Crippen LogP contribution in [0.5, 0.6) is 0 Å². The molecule has 0 aromatic carbocycles. The molecular weight excluding hydrogens is 252 g/mol. The summed E-state index contributed by atoms with van der Waals surface area (Å²) in [6.45, 7) is 3.52. The van der Waals surface area contributed by atoms with E-state index in [0.717, 1.165) is 6.42 Å². The van der Waals surface area contributed by atoms with Crippen LogP contribution in [-0.4, -0.2) is 32.3 Å². The maximum absolute atomic E-state index is 11.4. The standard InChI is InChI=1S/C11H18N4O4/c1-6(10(17)18)4-3-5-7(2)12-8-9(16)13-11(19)15-14-8/h6-7H,3-5H2,1-2H3,(H,12,14)(H,17,18)(H2,13,15,16,19). The van der Waals surface area contributed by atoms with Gasteiger partial charge in [-0.15, -0.1) is 5.10 Å². The molecule has 0 aliphatic rings. The molecule has 1 rings (SSSR count). The van der Waals surface area contributed by atoms with Crippen molar-refractivity contribution in [3.63, 3.8) is 0 Å². The second kappa shape index (κ2) is 6.72. The number of hydrogen-bond donors (Lipinski definition) is 4. The number of nitrogens with zero attached hydrogens (tertiary/aromatic N) is 1. The van der Waals surface area contributed by atoms with Gasteiger partial charge in [0.15, 0.2) is 0 Å². The highest BCUT2D eigenvalue weighted by molar-refractivity contribution is 5.69. The van der Waals surface area contributed by atoms with E-state index in [1.165, 1.54) is 0 Å². The highest BCUT2D eigenvalue weighted by atomic mass is 16.4. The maximum Gasteiger partial charge on any atom is 0.342 e. The van der Waals surface area contributed by atoms with Crippen LogP contribution in [0.25, 0.3) is 0 Å². The first-order valence-corrected chi connectivity index (χ1v) is 6.08. The van der Waals surface area contributed by atoms with Gasteiger partial charge in [0, 0.05) is 6.04 Å². The van der Waals surface area contributed by atoms with Gasteiger partial charge in [-0.3, -0.25) is 14.6 Å². The summed E-state index contributed by atoms with van der Waals surface area (Å²) in [5.74, 6) is -1.13. The molecule has 8 nitrogen and oxygen atoms in total. The lowest BCUT2D eigenvalue weighted by Gasteiger charge is -2.13. The summed E-state index contributed by atoms with van der Waals surface area (Å²) in [4.78, 5) is 34.9. The number of aliphatic carboxylic acids is 1. The SMILES string of the molecule is CC(CCCC(C)C(=O)O)Nc1n[nH]c(=O)[nH]c1=O. The largest absolute Gasteiger partial charge is 0.481 e. The first-order chi connectivity index (χ1) is 8.90. The Hall–Kier alpha value is -2.12. The predicted octanol–water partition coefficient (Wildman–Crippen LogP) is 0.150. The zero-order chi connectivity index (χ0) is 14.4. The van der Waals surface area contributed by atoms with E-state index in [9.17, 15) is 14.4 Å². The normalized spacial score (nSPS) is 13.8. The number of aromatic nitrogens is 3. The molecule has 1 heterocycles. The number of nitrogens with one attached hydrogen (secondary N) is 3. The first kappa shape index (κ1) is 14.9. The number of anilines is 1. The van der Waals surface area contributed by atoms with Crippen molar-refractivity contribution in [3.05, 3.63) is 20.8 Å². The molecule has 0 radical (unpaired) electrons. The van der Waals surface area contributed by atoms with Crippen LogP contribution in [-0.2, 0) is 4.79 Å². The minimum absolute atomic E-state index is 0.0412. The van der Waals surface area contributed by atoms with Gasteiger partial charge in [-0.2, -0.15) is 0 Å². The summed E-state index contributed by atoms with van der Waals surface area (Å²) in [7, 11) is 0. The first-order valence-electron chi connectivity index (χ1n) is 6.08. The zero-order valence-corrected chi connectivity index (χ0v) is 10.9. The molecule has 0 amide bonds. The Labute approximate surface area is 109 Å². The van der Waals surface area contributed by atoms with Gasteiger partial charge in [-0.1, -0.05) is 13.3 Å². The lowest BCUT2D eigenvalue weighted by Crippen LogP contribution is -2.29. The smallest absolute Gasteiger partial charge is 0.342 e. The fraction of sp³-hybridized carbons (Fsp3) is 0.636. The molecule has 2 atom stereocenters. The Morgan fingerprint density at radius 2 is 2.05 bits per heavy atom. The third-order valence-electron chi connectivity index (χ3n) is 2.79. The molecule has 4 N–H and O–H groups in total. The van der Waals surface area contributed by atoms with Gasteiger partial charge < -0.3 is 10.4 Å². The summed E-state index contributed by atoms with van der Waals surface area (Å²) in [6.07, 6.45) is 2.01. The third kappa shape index (κ3) is 4.94. The van der Waals surface area contributed by atoms with Crippen molar-refractivity contribution in [2.24, 2.45) is 5.92 Å². The van der Waals surface area contributed by atoms with Crippen molar-refractivity contribution in [1.29, 1.82) is 0 Å². The number of aromatic amines is 2. The molecule has 0 aliphatic heterocycles. The van der Waals surface area contributed by atoms with Gasteiger partial charge in [-0.05, 0) is 19.8 Å². The molecule has 0 saturated heterocycles. The molecule has 1 aromatic rings. The van der Waals surface area contributed by atoms with Crippen LogP contribution in [0.1, 0.15) is 33.1 Å². The highest BCUT2D eigenvalue weighted by Gasteiger charge is 2.12. The molecule has 0 fully saturated rings. The van der Waals surface area contributed by atoms with E-state index in [-0.39, 0.29) is 17.8 Å². The molecule has 1 aromatic heterocycles. The lowest BCUT2D eigenvalue weighted by atomic mass is 10.0. The van der Waals surface area contributed by atoms with Crippen molar-refractivity contribution in [3.8, 4) is 0 Å². The minimum atomic E-state index is -0.806. The van der Waals surface area contributed by atoms with E-state index in [1.54, 1.807) is 6.92 Å². The summed E-state index contributed by atoms with van der Waals surface area (Å²) in [5.41, 5.74) is -1.23. The molecule has 0 spiro atoms. The van der Waals surface area contributed by atoms with Gasteiger partial charge in [0.2, 0.25) is 5.82 Å². The molecule has 19 heavy (non-hydrogen) atoms. The van der Waals surface area contributed by atoms with E-state index < -0.39 is 17.2 Å². The fourth-order valence-corrected chi connectivity index (χ4v) is 1.60. The van der Waals surface area contributed by atoms with Gasteiger partial charge in [0.1, 0.15) is 0 Å². The van der Waals surface area contributed by atoms with Crippen molar-refractivity contribution in [2.75, 3.05) is 5.32 Å². The molecule has 8 heteroatoms. The van der Waals surface area contributed by atoms with Crippen LogP contribution in [0.15, 0.2) is 9.59 Å². The molecular formula is C11H18N4O4. The van der Waals surface area contributed by atoms with Gasteiger partial charge in [0.05, 0.1) is 5.92 Å². The van der Waals surface area contributed by atoms with Crippen molar-refractivity contribution >= 4 is 11.8 Å². The molecule has 106 valence electrons. The van der Waals surface area contributed by atoms with E-state index in [2.05, 4.69) is 20.5 Å². The molecule has 0 saturated carbocycles. The summed E-state index contributed by atoms with van der Waals surface area (Å²) in [5, 5.41) is 17.3. The lowest BCUT2D eigenvalue weighted by molar-refractivity contribution is -0.141. The quantitative estimate of drug-likeness (QED) is 0.558. The monoisotopic (exact) mass is 270 g/mol. The topological polar surface area (TPSA) is 128 Å². The average molecular weight is 270 g/mol. The second-order valence-electron chi connectivity index (χ2n) is 4.57. The number of hydrogen-bond acceptors (Lipinski definition) is 5. The van der Waals surface area contributed by atoms with Crippen molar-refractivity contribution in [2.45, 2.75) is 39.2 Å². The number of rotatable bonds is 7. The maximum atomic E-state index is 11.4. The van der Waals surface area contributed by atoms with E-state index in [0.29, 0.717) is 12.8 Å². The predicted molar refractivity (Wildman–Crippen MR) is 69.2 cm³/mol. The number of carboxylic acid groups (broad SMARTS) is 1. The Kier molecular flexibility index (Phi) is 5.28. The fourth-order valence-electron chi connectivity index (χ4n) is 1.60. The number of H-pyrrole nitrogens is 2. The summed E-state index contributed by atoms with van der Waals surface area (Å²) in [6, 6.07) is -0.0412. The van der Waals surface area contributed by atoms with Crippen LogP contribution in [0, 0.1) is 5.92 Å². The highest BCUT2D eigenvalue weighted by Crippen LogP contribution is 2.10. The third-order valence-corrected chi connectivity index (χ3v) is 2.79. The Morgan fingerprint density at radius 1 is 1.37 bits per heavy atom. The number of carboxylic acids is 1. The summed E-state index contributed by atoms with van der Waals surface area (Å²) >= 11 is 0. The van der Waals surface area contributed by atoms with E-state index >= 15 is 0 Å². The molecule has 0 aliphatic carbocycles. The Morgan fingerprint density at radius 3 is 2.63 bits per heavy atom. The van der Waals surface area contributed by atoms with Crippen LogP contribution >= 0.6 is 0 Å². The van der Waals surface area contributed by atoms with E-state index in [4.69, 9.17) is 5.11 Å². The van der Waals surface area contributed by atoms with Crippen LogP contribution < -0.4 is 16.6 Å². The van der Waals surface area contributed by atoms with Crippen molar-refractivity contribution in [1.82, 2.24) is 15.2 Å². The average Bonchev–Trinajstić information content (AvgIpc) is 2.32. The second-order valence-corrected chi connectivity index (χ2v) is 4.57. The van der Waals surface area contributed by atoms with Gasteiger partial charge >= 0.3 is 11.7 Å². The van der Waals surface area contributed by atoms with Gasteiger partial charge in [-0.25, -0.2) is 9.89 Å². The minimum Gasteiger partial charge on any atom is -0.481 e. The van der Waals surface area contributed by atoms with E-state index in [1.807, 2.05) is 6.92 Å². The zero-order valence-electron chi connectivity index (χ0n) is 10.9. The van der Waals surface area contributed by atoms with Crippen molar-refractivity contribution < 1.29 is 9.90 Å².